The van der Waals surface area contributed by atoms with Crippen LogP contribution >= 0.6 is 0 Å². The molecule has 0 saturated carbocycles. The van der Waals surface area contributed by atoms with E-state index < -0.39 is 5.97 Å². The first-order chi connectivity index (χ1) is 9.02. The van der Waals surface area contributed by atoms with Gasteiger partial charge in [-0.3, -0.25) is 4.79 Å². The van der Waals surface area contributed by atoms with Gasteiger partial charge in [-0.1, -0.05) is 19.1 Å². The average molecular weight is 262 g/mol. The monoisotopic (exact) mass is 262 g/mol. The molecule has 1 heterocycles. The number of hydrogen-bond donors (Lipinski definition) is 1. The lowest BCUT2D eigenvalue weighted by atomic mass is 10.0. The molecule has 1 atom stereocenters. The van der Waals surface area contributed by atoms with Gasteiger partial charge in [0.05, 0.1) is 12.7 Å². The van der Waals surface area contributed by atoms with E-state index in [-0.39, 0.29) is 5.91 Å². The number of carbonyl (C=O) groups excluding carboxylic acids is 2. The van der Waals surface area contributed by atoms with Gasteiger partial charge >= 0.3 is 5.97 Å². The minimum atomic E-state index is -0.465. The Hall–Kier alpha value is -2.04. The number of nitrogens with zero attached hydrogens (tertiary/aromatic N) is 1. The minimum absolute atomic E-state index is 0.116. The van der Waals surface area contributed by atoms with Crippen LogP contribution in [0.5, 0.6) is 0 Å². The number of esters is 1. The maximum Gasteiger partial charge on any atom is 0.340 e. The average Bonchev–Trinajstić information content (AvgIpc) is 2.67. The van der Waals surface area contributed by atoms with E-state index in [0.29, 0.717) is 36.7 Å². The number of benzene rings is 1. The fraction of sp³-hybridized carbons (Fsp3) is 0.429. The molecule has 0 aliphatic carbocycles. The molecular weight excluding hydrogens is 244 g/mol. The predicted octanol–water partition coefficient (Wildman–Crippen LogP) is 1.42. The molecule has 0 bridgehead atoms. The molecule has 102 valence electrons. The molecule has 0 aromatic heterocycles. The summed E-state index contributed by atoms with van der Waals surface area (Å²) in [6, 6.07) is 5.24. The standard InChI is InChI=1S/C14H18N2O3/c1-9-6-12(17)16(7-9)8-10-4-3-5-11(15)13(10)14(18)19-2/h3-5,9H,6-8,15H2,1-2H3. The van der Waals surface area contributed by atoms with Gasteiger partial charge in [0, 0.05) is 25.2 Å². The molecule has 0 spiro atoms. The van der Waals surface area contributed by atoms with Gasteiger partial charge in [0.15, 0.2) is 0 Å². The van der Waals surface area contributed by atoms with Crippen molar-refractivity contribution in [2.45, 2.75) is 19.9 Å². The third-order valence-electron chi connectivity index (χ3n) is 3.34. The Bertz CT molecular complexity index is 513. The van der Waals surface area contributed by atoms with Crippen molar-refractivity contribution < 1.29 is 14.3 Å². The Kier molecular flexibility index (Phi) is 3.74. The highest BCUT2D eigenvalue weighted by atomic mass is 16.5. The maximum atomic E-state index is 11.8. The fourth-order valence-electron chi connectivity index (χ4n) is 2.43. The lowest BCUT2D eigenvalue weighted by Crippen LogP contribution is -2.26. The van der Waals surface area contributed by atoms with E-state index in [1.807, 2.05) is 6.92 Å². The Morgan fingerprint density at radius 3 is 2.84 bits per heavy atom. The molecule has 1 aliphatic rings. The first-order valence-electron chi connectivity index (χ1n) is 6.26. The summed E-state index contributed by atoms with van der Waals surface area (Å²) < 4.78 is 4.75. The molecular formula is C14H18N2O3. The van der Waals surface area contributed by atoms with E-state index in [2.05, 4.69) is 0 Å². The summed E-state index contributed by atoms with van der Waals surface area (Å²) in [6.45, 7) is 3.16. The smallest absolute Gasteiger partial charge is 0.340 e. The first-order valence-corrected chi connectivity index (χ1v) is 6.26. The molecule has 5 nitrogen and oxygen atoms in total. The highest BCUT2D eigenvalue weighted by Crippen LogP contribution is 2.24. The highest BCUT2D eigenvalue weighted by Gasteiger charge is 2.27. The van der Waals surface area contributed by atoms with Crippen molar-refractivity contribution in [1.29, 1.82) is 0 Å². The number of nitrogens with two attached hydrogens (primary N) is 1. The number of likely N-dealkylation sites (tertiary alicyclic amines) is 1. The molecule has 1 amide bonds. The number of anilines is 1. The normalized spacial score (nSPS) is 18.7. The van der Waals surface area contributed by atoms with E-state index in [1.165, 1.54) is 7.11 Å². The van der Waals surface area contributed by atoms with Crippen LogP contribution in [0, 0.1) is 5.92 Å². The number of hydrogen-bond acceptors (Lipinski definition) is 4. The predicted molar refractivity (Wildman–Crippen MR) is 71.4 cm³/mol. The quantitative estimate of drug-likeness (QED) is 0.660. The number of ether oxygens (including phenoxy) is 1. The summed E-state index contributed by atoms with van der Waals surface area (Å²) in [5.41, 5.74) is 7.30. The van der Waals surface area contributed by atoms with Crippen molar-refractivity contribution >= 4 is 17.6 Å². The lowest BCUT2D eigenvalue weighted by molar-refractivity contribution is -0.128. The summed E-state index contributed by atoms with van der Waals surface area (Å²) in [5.74, 6) is 0.00803. The number of nitrogen functional groups attached to an aromatic ring is 1. The second kappa shape index (κ2) is 5.30. The van der Waals surface area contributed by atoms with Crippen molar-refractivity contribution in [2.75, 3.05) is 19.4 Å². The van der Waals surface area contributed by atoms with E-state index in [4.69, 9.17) is 10.5 Å². The number of rotatable bonds is 3. The Labute approximate surface area is 112 Å². The highest BCUT2D eigenvalue weighted by molar-refractivity contribution is 5.96. The van der Waals surface area contributed by atoms with Gasteiger partial charge in [0.1, 0.15) is 0 Å². The Morgan fingerprint density at radius 1 is 1.53 bits per heavy atom. The van der Waals surface area contributed by atoms with Gasteiger partial charge in [-0.15, -0.1) is 0 Å². The third-order valence-corrected chi connectivity index (χ3v) is 3.34. The van der Waals surface area contributed by atoms with Crippen LogP contribution in [0.2, 0.25) is 0 Å². The molecule has 1 unspecified atom stereocenters. The van der Waals surface area contributed by atoms with Crippen molar-refractivity contribution in [3.05, 3.63) is 29.3 Å². The van der Waals surface area contributed by atoms with Crippen LogP contribution in [-0.2, 0) is 16.1 Å². The van der Waals surface area contributed by atoms with Crippen molar-refractivity contribution in [3.63, 3.8) is 0 Å². The van der Waals surface area contributed by atoms with Crippen LogP contribution in [0.15, 0.2) is 18.2 Å². The van der Waals surface area contributed by atoms with Crippen molar-refractivity contribution in [3.8, 4) is 0 Å². The molecule has 1 fully saturated rings. The molecule has 1 aromatic rings. The maximum absolute atomic E-state index is 11.8. The zero-order valence-corrected chi connectivity index (χ0v) is 11.2. The Balaban J connectivity index is 2.28. The molecule has 0 radical (unpaired) electrons. The molecule has 1 saturated heterocycles. The largest absolute Gasteiger partial charge is 0.465 e. The number of amides is 1. The van der Waals surface area contributed by atoms with Gasteiger partial charge in [0.25, 0.3) is 0 Å². The van der Waals surface area contributed by atoms with E-state index in [9.17, 15) is 9.59 Å². The summed E-state index contributed by atoms with van der Waals surface area (Å²) in [6.07, 6.45) is 0.565. The summed E-state index contributed by atoms with van der Waals surface area (Å²) >= 11 is 0. The summed E-state index contributed by atoms with van der Waals surface area (Å²) in [5, 5.41) is 0. The molecule has 2 rings (SSSR count). The van der Waals surface area contributed by atoms with Crippen LogP contribution < -0.4 is 5.73 Å². The van der Waals surface area contributed by atoms with Gasteiger partial charge in [-0.05, 0) is 17.5 Å². The second-order valence-electron chi connectivity index (χ2n) is 4.96. The van der Waals surface area contributed by atoms with E-state index in [1.54, 1.807) is 23.1 Å². The molecule has 2 N–H and O–H groups in total. The van der Waals surface area contributed by atoms with Crippen LogP contribution in [-0.4, -0.2) is 30.4 Å². The van der Waals surface area contributed by atoms with Crippen molar-refractivity contribution in [1.82, 2.24) is 4.90 Å². The van der Waals surface area contributed by atoms with Crippen LogP contribution in [0.25, 0.3) is 0 Å². The second-order valence-corrected chi connectivity index (χ2v) is 4.96. The lowest BCUT2D eigenvalue weighted by Gasteiger charge is -2.18. The van der Waals surface area contributed by atoms with E-state index in [0.717, 1.165) is 5.56 Å². The van der Waals surface area contributed by atoms with Gasteiger partial charge < -0.3 is 15.4 Å². The molecule has 1 aliphatic heterocycles. The van der Waals surface area contributed by atoms with Gasteiger partial charge in [0.2, 0.25) is 5.91 Å². The van der Waals surface area contributed by atoms with Crippen LogP contribution in [0.4, 0.5) is 5.69 Å². The van der Waals surface area contributed by atoms with E-state index >= 15 is 0 Å². The molecule has 19 heavy (non-hydrogen) atoms. The number of methoxy groups -OCH3 is 1. The van der Waals surface area contributed by atoms with Crippen LogP contribution in [0.3, 0.4) is 0 Å². The Morgan fingerprint density at radius 2 is 2.26 bits per heavy atom. The van der Waals surface area contributed by atoms with Gasteiger partial charge in [-0.2, -0.15) is 0 Å². The zero-order chi connectivity index (χ0) is 14.0. The van der Waals surface area contributed by atoms with Gasteiger partial charge in [-0.25, -0.2) is 4.79 Å². The zero-order valence-electron chi connectivity index (χ0n) is 11.2. The summed E-state index contributed by atoms with van der Waals surface area (Å²) in [7, 11) is 1.32. The van der Waals surface area contributed by atoms with Crippen LogP contribution in [0.1, 0.15) is 29.3 Å². The fourth-order valence-corrected chi connectivity index (χ4v) is 2.43. The number of carbonyl (C=O) groups is 2. The first kappa shape index (κ1) is 13.4. The topological polar surface area (TPSA) is 72.6 Å². The molecule has 5 heteroatoms. The summed E-state index contributed by atoms with van der Waals surface area (Å²) in [4.78, 5) is 25.3. The SMILES string of the molecule is COC(=O)c1c(N)cccc1CN1CC(C)CC1=O. The molecule has 1 aromatic carbocycles. The minimum Gasteiger partial charge on any atom is -0.465 e. The van der Waals surface area contributed by atoms with Crippen molar-refractivity contribution in [2.24, 2.45) is 5.92 Å². The third kappa shape index (κ3) is 2.70.